The standard InChI is InChI=1S/C9H12O3/c1-5-4-6(2)9(12-3)8(11)7(5)10/h4,10-11H,1-3H3. The lowest BCUT2D eigenvalue weighted by atomic mass is 10.1. The summed E-state index contributed by atoms with van der Waals surface area (Å²) >= 11 is 0. The number of aryl methyl sites for hydroxylation is 2. The van der Waals surface area contributed by atoms with Crippen LogP contribution < -0.4 is 4.74 Å². The van der Waals surface area contributed by atoms with E-state index in [2.05, 4.69) is 0 Å². The maximum Gasteiger partial charge on any atom is 0.201 e. The van der Waals surface area contributed by atoms with Crippen LogP contribution >= 0.6 is 0 Å². The normalized spacial score (nSPS) is 9.92. The highest BCUT2D eigenvalue weighted by molar-refractivity contribution is 5.57. The molecule has 0 saturated carbocycles. The van der Waals surface area contributed by atoms with Crippen molar-refractivity contribution in [2.45, 2.75) is 13.8 Å². The molecular weight excluding hydrogens is 156 g/mol. The van der Waals surface area contributed by atoms with Crippen molar-refractivity contribution in [1.82, 2.24) is 0 Å². The molecule has 66 valence electrons. The summed E-state index contributed by atoms with van der Waals surface area (Å²) in [5.41, 5.74) is 1.45. The molecule has 2 N–H and O–H groups in total. The topological polar surface area (TPSA) is 49.7 Å². The lowest BCUT2D eigenvalue weighted by Gasteiger charge is -2.09. The van der Waals surface area contributed by atoms with Crippen LogP contribution in [0.1, 0.15) is 11.1 Å². The highest BCUT2D eigenvalue weighted by Gasteiger charge is 2.12. The molecular formula is C9H12O3. The van der Waals surface area contributed by atoms with Gasteiger partial charge >= 0.3 is 0 Å². The van der Waals surface area contributed by atoms with Gasteiger partial charge < -0.3 is 14.9 Å². The largest absolute Gasteiger partial charge is 0.504 e. The number of phenols is 2. The Morgan fingerprint density at radius 3 is 2.17 bits per heavy atom. The van der Waals surface area contributed by atoms with E-state index in [4.69, 9.17) is 4.74 Å². The van der Waals surface area contributed by atoms with Crippen molar-refractivity contribution < 1.29 is 14.9 Å². The maximum absolute atomic E-state index is 9.38. The zero-order valence-electron chi connectivity index (χ0n) is 7.38. The molecule has 0 aliphatic rings. The molecule has 0 fully saturated rings. The average molecular weight is 168 g/mol. The zero-order chi connectivity index (χ0) is 9.30. The van der Waals surface area contributed by atoms with Crippen LogP contribution in [0.5, 0.6) is 17.2 Å². The van der Waals surface area contributed by atoms with Crippen molar-refractivity contribution >= 4 is 0 Å². The van der Waals surface area contributed by atoms with Gasteiger partial charge in [0.05, 0.1) is 7.11 Å². The second-order valence-corrected chi connectivity index (χ2v) is 2.74. The van der Waals surface area contributed by atoms with Crippen LogP contribution in [0.2, 0.25) is 0 Å². The molecule has 0 amide bonds. The average Bonchev–Trinajstić information content (AvgIpc) is 2.01. The van der Waals surface area contributed by atoms with E-state index in [1.54, 1.807) is 13.0 Å². The highest BCUT2D eigenvalue weighted by Crippen LogP contribution is 2.39. The summed E-state index contributed by atoms with van der Waals surface area (Å²) in [6.07, 6.45) is 0. The Hall–Kier alpha value is -1.38. The summed E-state index contributed by atoms with van der Waals surface area (Å²) in [7, 11) is 1.46. The second kappa shape index (κ2) is 2.93. The van der Waals surface area contributed by atoms with Gasteiger partial charge in [-0.2, -0.15) is 0 Å². The molecule has 3 heteroatoms. The quantitative estimate of drug-likeness (QED) is 0.628. The molecule has 0 atom stereocenters. The van der Waals surface area contributed by atoms with E-state index in [-0.39, 0.29) is 11.5 Å². The number of hydrogen-bond donors (Lipinski definition) is 2. The molecule has 0 heterocycles. The van der Waals surface area contributed by atoms with Crippen molar-refractivity contribution in [2.24, 2.45) is 0 Å². The molecule has 0 aromatic heterocycles. The van der Waals surface area contributed by atoms with Gasteiger partial charge in [0.2, 0.25) is 5.75 Å². The number of phenolic OH excluding ortho intramolecular Hbond substituents is 2. The third-order valence-electron chi connectivity index (χ3n) is 1.81. The van der Waals surface area contributed by atoms with E-state index < -0.39 is 0 Å². The minimum atomic E-state index is -0.185. The lowest BCUT2D eigenvalue weighted by molar-refractivity contribution is 0.347. The number of benzene rings is 1. The number of ether oxygens (including phenoxy) is 1. The SMILES string of the molecule is COc1c(C)cc(C)c(O)c1O. The monoisotopic (exact) mass is 168 g/mol. The summed E-state index contributed by atoms with van der Waals surface area (Å²) < 4.78 is 4.90. The number of hydrogen-bond acceptors (Lipinski definition) is 3. The molecule has 0 radical (unpaired) electrons. The van der Waals surface area contributed by atoms with Crippen molar-refractivity contribution in [3.8, 4) is 17.2 Å². The van der Waals surface area contributed by atoms with Crippen LogP contribution in [-0.4, -0.2) is 17.3 Å². The fourth-order valence-corrected chi connectivity index (χ4v) is 1.20. The third-order valence-corrected chi connectivity index (χ3v) is 1.81. The Morgan fingerprint density at radius 1 is 1.08 bits per heavy atom. The van der Waals surface area contributed by atoms with Crippen LogP contribution in [-0.2, 0) is 0 Å². The van der Waals surface area contributed by atoms with E-state index in [0.717, 1.165) is 5.56 Å². The van der Waals surface area contributed by atoms with Crippen LogP contribution in [0.3, 0.4) is 0 Å². The van der Waals surface area contributed by atoms with Gasteiger partial charge in [0, 0.05) is 0 Å². The van der Waals surface area contributed by atoms with Gasteiger partial charge in [0.15, 0.2) is 11.5 Å². The summed E-state index contributed by atoms with van der Waals surface area (Å²) in [4.78, 5) is 0. The van der Waals surface area contributed by atoms with Crippen LogP contribution in [0.4, 0.5) is 0 Å². The van der Waals surface area contributed by atoms with Gasteiger partial charge in [0.25, 0.3) is 0 Å². The third kappa shape index (κ3) is 1.18. The number of methoxy groups -OCH3 is 1. The van der Waals surface area contributed by atoms with Gasteiger partial charge in [-0.15, -0.1) is 0 Å². The summed E-state index contributed by atoms with van der Waals surface area (Å²) in [5.74, 6) is 0.0329. The first-order chi connectivity index (χ1) is 5.57. The van der Waals surface area contributed by atoms with Crippen molar-refractivity contribution in [3.05, 3.63) is 17.2 Å². The molecule has 0 unspecified atom stereocenters. The Kier molecular flexibility index (Phi) is 2.13. The molecule has 0 spiro atoms. The number of aromatic hydroxyl groups is 2. The van der Waals surface area contributed by atoms with Gasteiger partial charge in [-0.05, 0) is 31.0 Å². The van der Waals surface area contributed by atoms with E-state index in [0.29, 0.717) is 11.3 Å². The predicted molar refractivity (Wildman–Crippen MR) is 45.8 cm³/mol. The van der Waals surface area contributed by atoms with Gasteiger partial charge in [-0.3, -0.25) is 0 Å². The van der Waals surface area contributed by atoms with E-state index >= 15 is 0 Å². The first-order valence-electron chi connectivity index (χ1n) is 3.64. The molecule has 0 saturated heterocycles. The zero-order valence-corrected chi connectivity index (χ0v) is 7.38. The molecule has 3 nitrogen and oxygen atoms in total. The van der Waals surface area contributed by atoms with Crippen molar-refractivity contribution in [1.29, 1.82) is 0 Å². The summed E-state index contributed by atoms with van der Waals surface area (Å²) in [6, 6.07) is 1.76. The Labute approximate surface area is 71.2 Å². The fraction of sp³-hybridized carbons (Fsp3) is 0.333. The smallest absolute Gasteiger partial charge is 0.201 e. The van der Waals surface area contributed by atoms with Gasteiger partial charge in [-0.25, -0.2) is 0 Å². The molecule has 0 aliphatic heterocycles. The van der Waals surface area contributed by atoms with E-state index in [1.165, 1.54) is 7.11 Å². The van der Waals surface area contributed by atoms with Crippen molar-refractivity contribution in [3.63, 3.8) is 0 Å². The molecule has 12 heavy (non-hydrogen) atoms. The minimum Gasteiger partial charge on any atom is -0.504 e. The van der Waals surface area contributed by atoms with Crippen LogP contribution in [0.15, 0.2) is 6.07 Å². The fourth-order valence-electron chi connectivity index (χ4n) is 1.20. The predicted octanol–water partition coefficient (Wildman–Crippen LogP) is 1.72. The minimum absolute atomic E-state index is 0.113. The number of rotatable bonds is 1. The van der Waals surface area contributed by atoms with E-state index in [9.17, 15) is 10.2 Å². The van der Waals surface area contributed by atoms with Crippen molar-refractivity contribution in [2.75, 3.05) is 7.11 Å². The van der Waals surface area contributed by atoms with E-state index in [1.807, 2.05) is 6.92 Å². The molecule has 0 aliphatic carbocycles. The molecule has 1 aromatic rings. The van der Waals surface area contributed by atoms with Crippen LogP contribution in [0.25, 0.3) is 0 Å². The van der Waals surface area contributed by atoms with Crippen LogP contribution in [0, 0.1) is 13.8 Å². The molecule has 1 rings (SSSR count). The first kappa shape index (κ1) is 8.71. The Balaban J connectivity index is 3.40. The highest BCUT2D eigenvalue weighted by atomic mass is 16.5. The molecule has 0 bridgehead atoms. The maximum atomic E-state index is 9.38. The second-order valence-electron chi connectivity index (χ2n) is 2.74. The first-order valence-corrected chi connectivity index (χ1v) is 3.64. The Morgan fingerprint density at radius 2 is 1.67 bits per heavy atom. The summed E-state index contributed by atoms with van der Waals surface area (Å²) in [6.45, 7) is 3.53. The Bertz CT molecular complexity index is 305. The summed E-state index contributed by atoms with van der Waals surface area (Å²) in [5, 5.41) is 18.7. The van der Waals surface area contributed by atoms with Gasteiger partial charge in [-0.1, -0.05) is 0 Å². The molecule has 1 aromatic carbocycles. The lowest BCUT2D eigenvalue weighted by Crippen LogP contribution is -1.89. The van der Waals surface area contributed by atoms with Gasteiger partial charge in [0.1, 0.15) is 0 Å².